The van der Waals surface area contributed by atoms with E-state index in [9.17, 15) is 30.8 Å². The average Bonchev–Trinajstić information content (AvgIpc) is 3.68. The van der Waals surface area contributed by atoms with Crippen molar-refractivity contribution in [2.75, 3.05) is 19.3 Å². The van der Waals surface area contributed by atoms with Gasteiger partial charge in [-0.3, -0.25) is 9.48 Å². The molecule has 4 heterocycles. The van der Waals surface area contributed by atoms with E-state index in [4.69, 9.17) is 25.6 Å². The number of hydroxylamine groups is 1. The molecule has 1 amide bonds. The van der Waals surface area contributed by atoms with Crippen molar-refractivity contribution in [1.29, 1.82) is 0 Å². The molecular formula is C25H24ClF4N5O5S2. The van der Waals surface area contributed by atoms with Gasteiger partial charge in [-0.25, -0.2) is 22.5 Å². The quantitative estimate of drug-likeness (QED) is 0.248. The van der Waals surface area contributed by atoms with Gasteiger partial charge in [-0.1, -0.05) is 17.7 Å². The number of halogens is 5. The summed E-state index contributed by atoms with van der Waals surface area (Å²) in [6.07, 6.45) is -2.28. The molecule has 0 spiro atoms. The van der Waals surface area contributed by atoms with Crippen molar-refractivity contribution in [3.8, 4) is 5.75 Å². The minimum Gasteiger partial charge on any atom is -0.407 e. The molecule has 2 aliphatic rings. The first-order valence-corrected chi connectivity index (χ1v) is 15.7. The number of benzene rings is 1. The highest BCUT2D eigenvalue weighted by atomic mass is 35.5. The summed E-state index contributed by atoms with van der Waals surface area (Å²) in [6, 6.07) is 4.76. The molecule has 1 N–H and O–H groups in total. The summed E-state index contributed by atoms with van der Waals surface area (Å²) in [4.78, 5) is 24.6. The van der Waals surface area contributed by atoms with Crippen molar-refractivity contribution >= 4 is 44.7 Å². The maximum Gasteiger partial charge on any atom is 0.306 e. The van der Waals surface area contributed by atoms with E-state index in [0.29, 0.717) is 42.4 Å². The summed E-state index contributed by atoms with van der Waals surface area (Å²) in [7, 11) is -3.81. The number of alkyl halides is 4. The third-order valence-electron chi connectivity index (χ3n) is 6.69. The van der Waals surface area contributed by atoms with Crippen molar-refractivity contribution < 1.29 is 39.8 Å². The molecule has 10 nitrogen and oxygen atoms in total. The second-order valence-corrected chi connectivity index (χ2v) is 12.5. The number of carbonyl (C=O) groups is 1. The molecule has 0 radical (unpaired) electrons. The van der Waals surface area contributed by atoms with Gasteiger partial charge in [-0.05, 0) is 37.1 Å². The fourth-order valence-corrected chi connectivity index (χ4v) is 6.45. The van der Waals surface area contributed by atoms with Crippen LogP contribution in [0.1, 0.15) is 65.3 Å². The van der Waals surface area contributed by atoms with E-state index >= 15 is 0 Å². The Balaban J connectivity index is 1.22. The van der Waals surface area contributed by atoms with Crippen LogP contribution in [0.5, 0.6) is 5.75 Å². The van der Waals surface area contributed by atoms with E-state index in [1.807, 2.05) is 5.38 Å². The highest BCUT2D eigenvalue weighted by molar-refractivity contribution is 7.86. The average molecular weight is 650 g/mol. The molecule has 2 aromatic heterocycles. The third kappa shape index (κ3) is 6.71. The number of likely N-dealkylation sites (tertiary alicyclic amines) is 1. The minimum atomic E-state index is -3.81. The zero-order valence-electron chi connectivity index (χ0n) is 21.8. The van der Waals surface area contributed by atoms with Crippen LogP contribution in [-0.4, -0.2) is 53.3 Å². The normalized spacial score (nSPS) is 18.0. The van der Waals surface area contributed by atoms with Gasteiger partial charge in [0.15, 0.2) is 11.5 Å². The van der Waals surface area contributed by atoms with E-state index < -0.39 is 52.9 Å². The molecule has 1 fully saturated rings. The molecule has 226 valence electrons. The van der Waals surface area contributed by atoms with Crippen molar-refractivity contribution in [3.05, 3.63) is 68.4 Å². The summed E-state index contributed by atoms with van der Waals surface area (Å²) in [5.41, 5.74) is 2.26. The Kier molecular flexibility index (Phi) is 8.78. The second kappa shape index (κ2) is 12.2. The van der Waals surface area contributed by atoms with Gasteiger partial charge in [0, 0.05) is 24.4 Å². The van der Waals surface area contributed by atoms with Gasteiger partial charge >= 0.3 is 10.1 Å². The number of piperidine rings is 1. The molecule has 0 saturated carbocycles. The third-order valence-corrected chi connectivity index (χ3v) is 8.52. The lowest BCUT2D eigenvalue weighted by atomic mass is 9.97. The molecule has 1 unspecified atom stereocenters. The van der Waals surface area contributed by atoms with E-state index in [0.717, 1.165) is 11.3 Å². The largest absolute Gasteiger partial charge is 0.407 e. The van der Waals surface area contributed by atoms with Gasteiger partial charge in [0.1, 0.15) is 24.0 Å². The number of aromatic nitrogens is 3. The summed E-state index contributed by atoms with van der Waals surface area (Å²) >= 11 is 7.76. The minimum absolute atomic E-state index is 0.0198. The number of rotatable bonds is 9. The van der Waals surface area contributed by atoms with Crippen LogP contribution in [0.2, 0.25) is 5.02 Å². The number of hydrogen-bond acceptors (Lipinski definition) is 9. The first-order chi connectivity index (χ1) is 19.9. The number of nitrogens with zero attached hydrogens (tertiary/aromatic N) is 4. The molecule has 1 aromatic carbocycles. The van der Waals surface area contributed by atoms with Crippen LogP contribution < -0.4 is 9.66 Å². The fourth-order valence-electron chi connectivity index (χ4n) is 4.70. The van der Waals surface area contributed by atoms with Crippen LogP contribution in [0.4, 0.5) is 17.6 Å². The highest BCUT2D eigenvalue weighted by Crippen LogP contribution is 2.39. The van der Waals surface area contributed by atoms with Crippen LogP contribution >= 0.6 is 22.9 Å². The van der Waals surface area contributed by atoms with Gasteiger partial charge in [0.05, 0.1) is 27.5 Å². The molecular weight excluding hydrogens is 626 g/mol. The Labute approximate surface area is 247 Å². The molecule has 5 rings (SSSR count). The first-order valence-electron chi connectivity index (χ1n) is 12.6. The van der Waals surface area contributed by atoms with Crippen molar-refractivity contribution in [3.63, 3.8) is 0 Å². The van der Waals surface area contributed by atoms with Crippen molar-refractivity contribution in [2.45, 2.75) is 44.2 Å². The topological polar surface area (TPSA) is 116 Å². The number of amides is 1. The summed E-state index contributed by atoms with van der Waals surface area (Å²) in [5, 5.41) is 6.42. The van der Waals surface area contributed by atoms with E-state index in [2.05, 4.69) is 10.6 Å². The van der Waals surface area contributed by atoms with Crippen LogP contribution in [0, 0.1) is 0 Å². The monoisotopic (exact) mass is 649 g/mol. The smallest absolute Gasteiger partial charge is 0.306 e. The number of hydrogen-bond donors (Lipinski definition) is 1. The van der Waals surface area contributed by atoms with Gasteiger partial charge < -0.3 is 13.9 Å². The number of carbonyl (C=O) groups excluding carboxylic acids is 1. The molecule has 0 aliphatic carbocycles. The van der Waals surface area contributed by atoms with Gasteiger partial charge in [0.2, 0.25) is 5.91 Å². The van der Waals surface area contributed by atoms with Crippen LogP contribution in [0.15, 0.2) is 35.7 Å². The fraction of sp³-hybridized carbons (Fsp3) is 0.400. The van der Waals surface area contributed by atoms with Crippen molar-refractivity contribution in [1.82, 2.24) is 25.1 Å². The summed E-state index contributed by atoms with van der Waals surface area (Å²) in [6.45, 7) is 0.133. The summed E-state index contributed by atoms with van der Waals surface area (Å²) < 4.78 is 81.5. The Morgan fingerprint density at radius 3 is 2.64 bits per heavy atom. The maximum absolute atomic E-state index is 13.3. The number of thiazole rings is 1. The zero-order chi connectivity index (χ0) is 30.2. The maximum atomic E-state index is 13.3. The second-order valence-electron chi connectivity index (χ2n) is 9.65. The van der Waals surface area contributed by atoms with Crippen LogP contribution in [0.3, 0.4) is 0 Å². The summed E-state index contributed by atoms with van der Waals surface area (Å²) in [5.74, 6) is -0.142. The lowest BCUT2D eigenvalue weighted by Crippen LogP contribution is -2.40. The van der Waals surface area contributed by atoms with Gasteiger partial charge in [-0.15, -0.1) is 16.8 Å². The van der Waals surface area contributed by atoms with Gasteiger partial charge in [0.25, 0.3) is 12.9 Å². The molecule has 1 saturated heterocycles. The molecule has 42 heavy (non-hydrogen) atoms. The Morgan fingerprint density at radius 2 is 1.98 bits per heavy atom. The predicted molar refractivity (Wildman–Crippen MR) is 145 cm³/mol. The SMILES string of the molecule is CS(=O)(=O)Oc1cccc(Cl)c1C1=CC(c2csc(C3CCN(C(=O)Cn4nc(C(F)F)cc4C(F)F)CC3)n2)NO1. The lowest BCUT2D eigenvalue weighted by molar-refractivity contribution is -0.133. The molecule has 0 bridgehead atoms. The van der Waals surface area contributed by atoms with E-state index in [1.165, 1.54) is 22.3 Å². The predicted octanol–water partition coefficient (Wildman–Crippen LogP) is 5.23. The highest BCUT2D eigenvalue weighted by Gasteiger charge is 2.30. The molecule has 3 aromatic rings. The Hall–Kier alpha value is -3.21. The standard InChI is InChI=1S/C25H24ClF4N5O5S2/c1-42(37,38)40-19-4-2-3-14(26)22(19)20-10-15(33-39-20)17-12-41-25(31-17)13-5-7-34(8-6-13)21(36)11-35-18(24(29)30)9-16(32-35)23(27)28/h2-4,9-10,12-13,15,23-24,33H,5-8,11H2,1H3. The Morgan fingerprint density at radius 1 is 1.24 bits per heavy atom. The van der Waals surface area contributed by atoms with Crippen LogP contribution in [0.25, 0.3) is 5.76 Å². The Bertz CT molecular complexity index is 1610. The van der Waals surface area contributed by atoms with Crippen molar-refractivity contribution in [2.24, 2.45) is 0 Å². The van der Waals surface area contributed by atoms with E-state index in [-0.39, 0.29) is 28.0 Å². The van der Waals surface area contributed by atoms with Gasteiger partial charge in [-0.2, -0.15) is 13.5 Å². The lowest BCUT2D eigenvalue weighted by Gasteiger charge is -2.31. The first kappa shape index (κ1) is 30.3. The molecule has 17 heteroatoms. The zero-order valence-corrected chi connectivity index (χ0v) is 24.2. The molecule has 1 atom stereocenters. The van der Waals surface area contributed by atoms with E-state index in [1.54, 1.807) is 18.2 Å². The van der Waals surface area contributed by atoms with Crippen LogP contribution in [-0.2, 0) is 26.3 Å². The molecule has 2 aliphatic heterocycles. The number of nitrogens with one attached hydrogen (secondary N) is 1.